The number of benzene rings is 1. The van der Waals surface area contributed by atoms with Crippen molar-refractivity contribution in [1.82, 2.24) is 4.98 Å². The maximum atomic E-state index is 11.3. The molecule has 1 aromatic carbocycles. The van der Waals surface area contributed by atoms with E-state index in [2.05, 4.69) is 11.9 Å². The van der Waals surface area contributed by atoms with Gasteiger partial charge in [-0.25, -0.2) is 9.78 Å². The molecule has 0 saturated carbocycles. The van der Waals surface area contributed by atoms with Gasteiger partial charge in [0.15, 0.2) is 0 Å². The maximum absolute atomic E-state index is 11.3. The fraction of sp³-hybridized carbons (Fsp3) is 0.200. The molecule has 1 aromatic heterocycles. The quantitative estimate of drug-likeness (QED) is 0.893. The largest absolute Gasteiger partial charge is 0.478 e. The lowest BCUT2D eigenvalue weighted by atomic mass is 10.1. The van der Waals surface area contributed by atoms with Crippen LogP contribution in [0.1, 0.15) is 22.8 Å². The molecule has 1 heterocycles. The molecule has 0 atom stereocenters. The summed E-state index contributed by atoms with van der Waals surface area (Å²) in [4.78, 5) is 17.2. The molecule has 5 nitrogen and oxygen atoms in total. The van der Waals surface area contributed by atoms with Gasteiger partial charge in [-0.2, -0.15) is 0 Å². The number of aromatic carboxylic acids is 1. The fourth-order valence-corrected chi connectivity index (χ4v) is 1.98. The molecule has 0 bridgehead atoms. The zero-order valence-corrected chi connectivity index (χ0v) is 11.5. The van der Waals surface area contributed by atoms with Crippen LogP contribution in [0.4, 0.5) is 17.2 Å². The van der Waals surface area contributed by atoms with Crippen LogP contribution < -0.4 is 10.6 Å². The second kappa shape index (κ2) is 5.61. The van der Waals surface area contributed by atoms with Crippen LogP contribution in [0.5, 0.6) is 0 Å². The standard InChI is InChI=1S/C15H17N3O2/c1-3-10-4-6-12(7-5-10)18(2)14-13(15(19)20)8-11(16)9-17-14/h4-9H,3,16H2,1-2H3,(H,19,20). The number of nitrogens with zero attached hydrogens (tertiary/aromatic N) is 2. The van der Waals surface area contributed by atoms with Gasteiger partial charge in [-0.05, 0) is 30.2 Å². The van der Waals surface area contributed by atoms with Crippen LogP contribution in [0.3, 0.4) is 0 Å². The van der Waals surface area contributed by atoms with Gasteiger partial charge < -0.3 is 15.7 Å². The predicted octanol–water partition coefficient (Wildman–Crippen LogP) is 2.69. The number of anilines is 3. The Hall–Kier alpha value is -2.56. The van der Waals surface area contributed by atoms with Crippen LogP contribution in [0.25, 0.3) is 0 Å². The molecule has 2 aromatic rings. The van der Waals surface area contributed by atoms with Gasteiger partial charge in [0.05, 0.1) is 11.9 Å². The minimum Gasteiger partial charge on any atom is -0.478 e. The van der Waals surface area contributed by atoms with Crippen LogP contribution in [0.2, 0.25) is 0 Å². The van der Waals surface area contributed by atoms with Gasteiger partial charge in [0.2, 0.25) is 0 Å². The van der Waals surface area contributed by atoms with Crippen LogP contribution in [0, 0.1) is 0 Å². The van der Waals surface area contributed by atoms with Crippen molar-refractivity contribution < 1.29 is 9.90 Å². The SMILES string of the molecule is CCc1ccc(N(C)c2ncc(N)cc2C(=O)O)cc1. The topological polar surface area (TPSA) is 79.5 Å². The van der Waals surface area contributed by atoms with E-state index < -0.39 is 5.97 Å². The molecule has 104 valence electrons. The number of hydrogen-bond donors (Lipinski definition) is 2. The normalized spacial score (nSPS) is 10.3. The Morgan fingerprint density at radius 1 is 1.35 bits per heavy atom. The molecule has 0 aliphatic heterocycles. The molecule has 0 amide bonds. The number of carboxylic acid groups (broad SMARTS) is 1. The lowest BCUT2D eigenvalue weighted by molar-refractivity contribution is 0.0697. The highest BCUT2D eigenvalue weighted by molar-refractivity contribution is 5.95. The lowest BCUT2D eigenvalue weighted by Gasteiger charge is -2.20. The monoisotopic (exact) mass is 271 g/mol. The molecule has 0 aliphatic carbocycles. The van der Waals surface area contributed by atoms with Gasteiger partial charge >= 0.3 is 5.97 Å². The second-order valence-corrected chi connectivity index (χ2v) is 4.52. The third-order valence-corrected chi connectivity index (χ3v) is 3.17. The highest BCUT2D eigenvalue weighted by Crippen LogP contribution is 2.26. The summed E-state index contributed by atoms with van der Waals surface area (Å²) in [6.07, 6.45) is 2.42. The van der Waals surface area contributed by atoms with Gasteiger partial charge in [0, 0.05) is 12.7 Å². The third kappa shape index (κ3) is 2.71. The van der Waals surface area contributed by atoms with Crippen molar-refractivity contribution in [3.63, 3.8) is 0 Å². The number of pyridine rings is 1. The molecule has 0 unspecified atom stereocenters. The van der Waals surface area contributed by atoms with E-state index in [9.17, 15) is 9.90 Å². The molecule has 0 fully saturated rings. The minimum atomic E-state index is -1.04. The molecule has 0 saturated heterocycles. The zero-order chi connectivity index (χ0) is 14.7. The van der Waals surface area contributed by atoms with Gasteiger partial charge in [-0.1, -0.05) is 19.1 Å². The number of nitrogens with two attached hydrogens (primary N) is 1. The Morgan fingerprint density at radius 2 is 2.00 bits per heavy atom. The van der Waals surface area contributed by atoms with Crippen molar-refractivity contribution in [2.24, 2.45) is 0 Å². The number of hydrogen-bond acceptors (Lipinski definition) is 4. The van der Waals surface area contributed by atoms with Crippen molar-refractivity contribution >= 4 is 23.2 Å². The van der Waals surface area contributed by atoms with E-state index in [1.165, 1.54) is 17.8 Å². The maximum Gasteiger partial charge on any atom is 0.339 e. The average Bonchev–Trinajstić information content (AvgIpc) is 2.46. The molecule has 5 heteroatoms. The fourth-order valence-electron chi connectivity index (χ4n) is 1.98. The van der Waals surface area contributed by atoms with Gasteiger partial charge in [0.1, 0.15) is 11.4 Å². The molecule has 0 spiro atoms. The van der Waals surface area contributed by atoms with E-state index in [0.717, 1.165) is 12.1 Å². The van der Waals surface area contributed by atoms with E-state index in [1.54, 1.807) is 11.9 Å². The summed E-state index contributed by atoms with van der Waals surface area (Å²) in [6, 6.07) is 9.35. The second-order valence-electron chi connectivity index (χ2n) is 4.52. The summed E-state index contributed by atoms with van der Waals surface area (Å²) in [5.74, 6) is -0.673. The lowest BCUT2D eigenvalue weighted by Crippen LogP contribution is -2.16. The third-order valence-electron chi connectivity index (χ3n) is 3.17. The predicted molar refractivity (Wildman–Crippen MR) is 79.5 cm³/mol. The van der Waals surface area contributed by atoms with Crippen LogP contribution in [-0.2, 0) is 6.42 Å². The Bertz CT molecular complexity index is 624. The number of carbonyl (C=O) groups is 1. The van der Waals surface area contributed by atoms with E-state index >= 15 is 0 Å². The van der Waals surface area contributed by atoms with E-state index in [4.69, 9.17) is 5.73 Å². The Balaban J connectivity index is 2.41. The highest BCUT2D eigenvalue weighted by atomic mass is 16.4. The van der Waals surface area contributed by atoms with Crippen molar-refractivity contribution in [2.45, 2.75) is 13.3 Å². The summed E-state index contributed by atoms with van der Waals surface area (Å²) in [5.41, 5.74) is 8.13. The summed E-state index contributed by atoms with van der Waals surface area (Å²) in [5, 5.41) is 9.25. The summed E-state index contributed by atoms with van der Waals surface area (Å²) in [7, 11) is 1.78. The number of aromatic nitrogens is 1. The Labute approximate surface area is 117 Å². The summed E-state index contributed by atoms with van der Waals surface area (Å²) < 4.78 is 0. The highest BCUT2D eigenvalue weighted by Gasteiger charge is 2.16. The number of carboxylic acids is 1. The first-order valence-corrected chi connectivity index (χ1v) is 6.34. The van der Waals surface area contributed by atoms with Gasteiger partial charge in [0.25, 0.3) is 0 Å². The number of nitrogen functional groups attached to an aromatic ring is 1. The molecule has 20 heavy (non-hydrogen) atoms. The molecule has 2 rings (SSSR count). The molecular formula is C15H17N3O2. The zero-order valence-electron chi connectivity index (χ0n) is 11.5. The Kier molecular flexibility index (Phi) is 3.89. The molecule has 0 radical (unpaired) electrons. The van der Waals surface area contributed by atoms with E-state index in [1.807, 2.05) is 24.3 Å². The molecule has 3 N–H and O–H groups in total. The van der Waals surface area contributed by atoms with Crippen LogP contribution >= 0.6 is 0 Å². The first-order valence-electron chi connectivity index (χ1n) is 6.34. The van der Waals surface area contributed by atoms with Crippen molar-refractivity contribution in [1.29, 1.82) is 0 Å². The first-order chi connectivity index (χ1) is 9.52. The minimum absolute atomic E-state index is 0.0899. The van der Waals surface area contributed by atoms with Crippen LogP contribution in [0.15, 0.2) is 36.5 Å². The van der Waals surface area contributed by atoms with Crippen molar-refractivity contribution in [3.05, 3.63) is 47.7 Å². The number of aryl methyl sites for hydroxylation is 1. The Morgan fingerprint density at radius 3 is 2.55 bits per heavy atom. The van der Waals surface area contributed by atoms with E-state index in [0.29, 0.717) is 11.5 Å². The first kappa shape index (κ1) is 13.9. The summed E-state index contributed by atoms with van der Waals surface area (Å²) in [6.45, 7) is 2.09. The van der Waals surface area contributed by atoms with Gasteiger partial charge in [-0.3, -0.25) is 0 Å². The average molecular weight is 271 g/mol. The molecule has 0 aliphatic rings. The van der Waals surface area contributed by atoms with Gasteiger partial charge in [-0.15, -0.1) is 0 Å². The number of rotatable bonds is 4. The molecular weight excluding hydrogens is 254 g/mol. The van der Waals surface area contributed by atoms with Crippen LogP contribution in [-0.4, -0.2) is 23.1 Å². The van der Waals surface area contributed by atoms with Crippen molar-refractivity contribution in [2.75, 3.05) is 17.7 Å². The smallest absolute Gasteiger partial charge is 0.339 e. The van der Waals surface area contributed by atoms with E-state index in [-0.39, 0.29) is 5.56 Å². The van der Waals surface area contributed by atoms with Crippen molar-refractivity contribution in [3.8, 4) is 0 Å². The summed E-state index contributed by atoms with van der Waals surface area (Å²) >= 11 is 0.